The maximum Gasteiger partial charge on any atom is 0.224 e. The highest BCUT2D eigenvalue weighted by atomic mass is 16.1. The topological polar surface area (TPSA) is 82.4 Å². The molecule has 3 aliphatic rings. The van der Waals surface area contributed by atoms with E-state index in [1.54, 1.807) is 6.33 Å². The largest absolute Gasteiger partial charge is 0.355 e. The van der Waals surface area contributed by atoms with Crippen LogP contribution in [0.2, 0.25) is 0 Å². The molecule has 0 spiro atoms. The molecule has 9 nitrogen and oxygen atoms in total. The Morgan fingerprint density at radius 3 is 2.81 bits per heavy atom. The number of rotatable bonds is 5. The smallest absolute Gasteiger partial charge is 0.224 e. The molecule has 0 aliphatic carbocycles. The van der Waals surface area contributed by atoms with Crippen LogP contribution in [-0.4, -0.2) is 94.6 Å². The molecule has 5 rings (SSSR count). The summed E-state index contributed by atoms with van der Waals surface area (Å²) in [6.07, 6.45) is 8.22. The molecule has 1 N–H and O–H groups in total. The average Bonchev–Trinajstić information content (AvgIpc) is 3.01. The maximum atomic E-state index is 12.9. The summed E-state index contributed by atoms with van der Waals surface area (Å²) in [6, 6.07) is 0. The van der Waals surface area contributed by atoms with Crippen molar-refractivity contribution in [2.24, 2.45) is 5.92 Å². The number of aryl methyl sites for hydroxylation is 2. The van der Waals surface area contributed by atoms with Gasteiger partial charge >= 0.3 is 0 Å². The molecule has 32 heavy (non-hydrogen) atoms. The van der Waals surface area contributed by atoms with E-state index in [1.807, 2.05) is 0 Å². The van der Waals surface area contributed by atoms with Crippen molar-refractivity contribution < 1.29 is 4.79 Å². The molecule has 0 radical (unpaired) electrons. The van der Waals surface area contributed by atoms with Gasteiger partial charge in [0.25, 0.3) is 0 Å². The van der Waals surface area contributed by atoms with E-state index < -0.39 is 0 Å². The molecular weight excluding hydrogens is 404 g/mol. The number of piperidine rings is 1. The van der Waals surface area contributed by atoms with Crippen molar-refractivity contribution in [2.45, 2.75) is 45.1 Å². The van der Waals surface area contributed by atoms with E-state index in [0.717, 1.165) is 94.4 Å². The van der Waals surface area contributed by atoms with Gasteiger partial charge in [-0.1, -0.05) is 6.42 Å². The van der Waals surface area contributed by atoms with Crippen LogP contribution in [0.5, 0.6) is 0 Å². The standard InChI is InChI=1S/C23H36N8O/c1-28-12-14-29(15-13-28)11-8-24-23(32)18-6-5-9-30(16-18)21-20-22(26-17-25-21)31-10-4-2-3-7-19(31)27-20/h17-18H,2-16H2,1H3,(H,24,32)/t18-/m0/s1. The van der Waals surface area contributed by atoms with Gasteiger partial charge in [0.1, 0.15) is 12.2 Å². The van der Waals surface area contributed by atoms with E-state index in [9.17, 15) is 4.79 Å². The van der Waals surface area contributed by atoms with Gasteiger partial charge in [0, 0.05) is 65.3 Å². The first-order valence-electron chi connectivity index (χ1n) is 12.3. The zero-order valence-electron chi connectivity index (χ0n) is 19.3. The summed E-state index contributed by atoms with van der Waals surface area (Å²) in [7, 11) is 2.17. The Bertz CT molecular complexity index is 935. The molecule has 1 atom stereocenters. The summed E-state index contributed by atoms with van der Waals surface area (Å²) >= 11 is 0. The van der Waals surface area contributed by atoms with Crippen LogP contribution in [-0.2, 0) is 17.8 Å². The highest BCUT2D eigenvalue weighted by molar-refractivity contribution is 5.85. The summed E-state index contributed by atoms with van der Waals surface area (Å²) in [6.45, 7) is 8.65. The third-order valence-electron chi connectivity index (χ3n) is 7.29. The highest BCUT2D eigenvalue weighted by Gasteiger charge is 2.29. The predicted octanol–water partition coefficient (Wildman–Crippen LogP) is 1.13. The molecule has 0 unspecified atom stereocenters. The van der Waals surface area contributed by atoms with Crippen LogP contribution in [0.1, 0.15) is 37.9 Å². The number of carbonyl (C=O) groups excluding carboxylic acids is 1. The second kappa shape index (κ2) is 9.70. The Morgan fingerprint density at radius 2 is 1.94 bits per heavy atom. The van der Waals surface area contributed by atoms with Gasteiger partial charge in [-0.25, -0.2) is 15.0 Å². The Hall–Kier alpha value is -2.26. The van der Waals surface area contributed by atoms with Gasteiger partial charge in [-0.3, -0.25) is 9.69 Å². The van der Waals surface area contributed by atoms with E-state index in [0.29, 0.717) is 6.54 Å². The number of likely N-dealkylation sites (N-methyl/N-ethyl adjacent to an activating group) is 1. The number of nitrogens with one attached hydrogen (secondary N) is 1. The van der Waals surface area contributed by atoms with Gasteiger partial charge in [-0.05, 0) is 32.7 Å². The van der Waals surface area contributed by atoms with E-state index in [2.05, 4.69) is 41.6 Å². The Labute approximate surface area is 190 Å². The van der Waals surface area contributed by atoms with Gasteiger partial charge in [0.2, 0.25) is 5.91 Å². The Morgan fingerprint density at radius 1 is 1.06 bits per heavy atom. The SMILES string of the molecule is CN1CCN(CCNC(=O)[C@H]2CCCN(c3ncnc4c3nc3n4CCCCC3)C2)CC1. The number of aromatic nitrogens is 4. The Balaban J connectivity index is 1.22. The van der Waals surface area contributed by atoms with Gasteiger partial charge in [0.05, 0.1) is 5.92 Å². The fourth-order valence-corrected chi connectivity index (χ4v) is 5.29. The number of imidazole rings is 1. The third-order valence-corrected chi connectivity index (χ3v) is 7.29. The lowest BCUT2D eigenvalue weighted by Crippen LogP contribution is -2.48. The molecule has 2 aromatic rings. The first-order valence-corrected chi connectivity index (χ1v) is 12.3. The molecule has 9 heteroatoms. The van der Waals surface area contributed by atoms with Crippen LogP contribution in [0.25, 0.3) is 11.2 Å². The van der Waals surface area contributed by atoms with Crippen LogP contribution >= 0.6 is 0 Å². The molecule has 174 valence electrons. The van der Waals surface area contributed by atoms with Gasteiger partial charge in [-0.15, -0.1) is 0 Å². The summed E-state index contributed by atoms with van der Waals surface area (Å²) in [5.74, 6) is 2.21. The van der Waals surface area contributed by atoms with Crippen LogP contribution in [0.3, 0.4) is 0 Å². The van der Waals surface area contributed by atoms with Crippen molar-refractivity contribution in [1.82, 2.24) is 34.6 Å². The minimum absolute atomic E-state index is 0.00157. The van der Waals surface area contributed by atoms with Crippen molar-refractivity contribution >= 4 is 22.9 Å². The van der Waals surface area contributed by atoms with Gasteiger partial charge in [-0.2, -0.15) is 0 Å². The van der Waals surface area contributed by atoms with Gasteiger partial charge in [0.15, 0.2) is 17.0 Å². The first kappa shape index (κ1) is 21.6. The molecule has 5 heterocycles. The molecule has 1 amide bonds. The number of carbonyl (C=O) groups is 1. The average molecular weight is 441 g/mol. The number of nitrogens with zero attached hydrogens (tertiary/aromatic N) is 7. The normalized spacial score (nSPS) is 23.2. The molecular formula is C23H36N8O. The fraction of sp³-hybridized carbons (Fsp3) is 0.739. The van der Waals surface area contributed by atoms with Crippen LogP contribution in [0, 0.1) is 5.92 Å². The zero-order valence-corrected chi connectivity index (χ0v) is 19.3. The van der Waals surface area contributed by atoms with Crippen molar-refractivity contribution in [3.63, 3.8) is 0 Å². The summed E-state index contributed by atoms with van der Waals surface area (Å²) in [5.41, 5.74) is 1.85. The molecule has 3 aliphatic heterocycles. The highest BCUT2D eigenvalue weighted by Crippen LogP contribution is 2.29. The fourth-order valence-electron chi connectivity index (χ4n) is 5.29. The molecule has 0 saturated carbocycles. The number of amides is 1. The van der Waals surface area contributed by atoms with Crippen molar-refractivity contribution in [1.29, 1.82) is 0 Å². The summed E-state index contributed by atoms with van der Waals surface area (Å²) in [4.78, 5) is 34.1. The second-order valence-electron chi connectivity index (χ2n) is 9.58. The predicted molar refractivity (Wildman–Crippen MR) is 125 cm³/mol. The molecule has 2 fully saturated rings. The van der Waals surface area contributed by atoms with Crippen molar-refractivity contribution in [3.05, 3.63) is 12.2 Å². The quantitative estimate of drug-likeness (QED) is 0.746. The number of anilines is 1. The zero-order chi connectivity index (χ0) is 21.9. The van der Waals surface area contributed by atoms with E-state index in [1.165, 1.54) is 19.3 Å². The number of fused-ring (bicyclic) bond motifs is 3. The van der Waals surface area contributed by atoms with Crippen LogP contribution < -0.4 is 10.2 Å². The van der Waals surface area contributed by atoms with E-state index in [-0.39, 0.29) is 11.8 Å². The third kappa shape index (κ3) is 4.59. The lowest BCUT2D eigenvalue weighted by atomic mass is 9.97. The Kier molecular flexibility index (Phi) is 6.54. The summed E-state index contributed by atoms with van der Waals surface area (Å²) < 4.78 is 2.28. The number of hydrogen-bond acceptors (Lipinski definition) is 7. The lowest BCUT2D eigenvalue weighted by Gasteiger charge is -2.34. The minimum Gasteiger partial charge on any atom is -0.355 e. The van der Waals surface area contributed by atoms with Crippen molar-refractivity contribution in [2.75, 3.05) is 64.3 Å². The van der Waals surface area contributed by atoms with E-state index in [4.69, 9.17) is 4.98 Å². The minimum atomic E-state index is 0.00157. The monoisotopic (exact) mass is 440 g/mol. The second-order valence-corrected chi connectivity index (χ2v) is 9.58. The maximum absolute atomic E-state index is 12.9. The molecule has 0 bridgehead atoms. The van der Waals surface area contributed by atoms with Gasteiger partial charge < -0.3 is 19.7 Å². The van der Waals surface area contributed by atoms with Crippen molar-refractivity contribution in [3.8, 4) is 0 Å². The molecule has 0 aromatic carbocycles. The molecule has 2 aromatic heterocycles. The lowest BCUT2D eigenvalue weighted by molar-refractivity contribution is -0.125. The first-order chi connectivity index (χ1) is 15.7. The van der Waals surface area contributed by atoms with Crippen LogP contribution in [0.4, 0.5) is 5.82 Å². The number of piperazine rings is 1. The summed E-state index contributed by atoms with van der Waals surface area (Å²) in [5, 5.41) is 3.19. The van der Waals surface area contributed by atoms with Crippen LogP contribution in [0.15, 0.2) is 6.33 Å². The molecule has 2 saturated heterocycles. The number of hydrogen-bond donors (Lipinski definition) is 1. The van der Waals surface area contributed by atoms with E-state index >= 15 is 0 Å².